The normalized spacial score (nSPS) is 10.9. The molecule has 2 heterocycles. The first kappa shape index (κ1) is 15.9. The van der Waals surface area contributed by atoms with E-state index >= 15 is 0 Å². The molecule has 0 aliphatic rings. The zero-order valence-corrected chi connectivity index (χ0v) is 14.6. The van der Waals surface area contributed by atoms with Crippen molar-refractivity contribution in [1.29, 1.82) is 0 Å². The first-order chi connectivity index (χ1) is 12.2. The summed E-state index contributed by atoms with van der Waals surface area (Å²) in [6, 6.07) is 16.8. The number of halogens is 1. The number of fused-ring (bicyclic) bond motifs is 1. The monoisotopic (exact) mass is 368 g/mol. The molecule has 0 saturated heterocycles. The van der Waals surface area contributed by atoms with Gasteiger partial charge in [-0.05, 0) is 35.7 Å². The maximum atomic E-state index is 12.3. The number of H-pyrrole nitrogens is 1. The number of rotatable bonds is 4. The molecule has 0 saturated carbocycles. The Kier molecular flexibility index (Phi) is 4.26. The fourth-order valence-electron chi connectivity index (χ4n) is 2.54. The fourth-order valence-corrected chi connectivity index (χ4v) is 3.43. The van der Waals surface area contributed by atoms with Crippen LogP contribution in [0.4, 0.5) is 0 Å². The Balaban J connectivity index is 1.59. The number of thiazole rings is 1. The number of benzene rings is 2. The van der Waals surface area contributed by atoms with Crippen LogP contribution in [0.5, 0.6) is 5.75 Å². The summed E-state index contributed by atoms with van der Waals surface area (Å²) in [5.41, 5.74) is 1.88. The summed E-state index contributed by atoms with van der Waals surface area (Å²) in [5.74, 6) is 0.688. The van der Waals surface area contributed by atoms with Crippen LogP contribution in [-0.4, -0.2) is 9.97 Å². The van der Waals surface area contributed by atoms with Crippen LogP contribution >= 0.6 is 22.9 Å². The highest BCUT2D eigenvalue weighted by molar-refractivity contribution is 7.09. The molecule has 4 aromatic rings. The average Bonchev–Trinajstić information content (AvgIpc) is 3.08. The molecule has 0 radical (unpaired) electrons. The highest BCUT2D eigenvalue weighted by Gasteiger charge is 2.10. The number of pyridine rings is 1. The molecule has 25 heavy (non-hydrogen) atoms. The Bertz CT molecular complexity index is 1100. The number of hydrogen-bond donors (Lipinski definition) is 1. The van der Waals surface area contributed by atoms with Gasteiger partial charge in [0.05, 0.1) is 11.3 Å². The maximum absolute atomic E-state index is 12.3. The predicted octanol–water partition coefficient (Wildman–Crippen LogP) is 4.88. The van der Waals surface area contributed by atoms with Gasteiger partial charge in [0.25, 0.3) is 5.56 Å². The molecule has 6 heteroatoms. The molecule has 0 bridgehead atoms. The fraction of sp³-hybridized carbons (Fsp3) is 0.0526. The summed E-state index contributed by atoms with van der Waals surface area (Å²) in [4.78, 5) is 19.7. The number of ether oxygens (including phenoxy) is 1. The van der Waals surface area contributed by atoms with Crippen LogP contribution < -0.4 is 10.3 Å². The number of hydrogen-bond acceptors (Lipinski definition) is 4. The lowest BCUT2D eigenvalue weighted by molar-refractivity contribution is 0.305. The molecule has 0 fully saturated rings. The molecule has 0 atom stereocenters. The summed E-state index contributed by atoms with van der Waals surface area (Å²) >= 11 is 7.40. The molecule has 2 aromatic heterocycles. The van der Waals surface area contributed by atoms with Gasteiger partial charge in [0.15, 0.2) is 0 Å². The van der Waals surface area contributed by atoms with Crippen LogP contribution in [0.3, 0.4) is 0 Å². The molecule has 0 unspecified atom stereocenters. The van der Waals surface area contributed by atoms with Crippen LogP contribution in [0.25, 0.3) is 22.2 Å². The van der Waals surface area contributed by atoms with E-state index in [-0.39, 0.29) is 5.56 Å². The quantitative estimate of drug-likeness (QED) is 0.558. The van der Waals surface area contributed by atoms with Gasteiger partial charge in [-0.15, -0.1) is 11.3 Å². The number of nitrogens with one attached hydrogen (secondary N) is 1. The van der Waals surface area contributed by atoms with Gasteiger partial charge >= 0.3 is 0 Å². The number of nitrogens with zero attached hydrogens (tertiary/aromatic N) is 1. The Morgan fingerprint density at radius 3 is 2.88 bits per heavy atom. The van der Waals surface area contributed by atoms with Crippen molar-refractivity contribution in [3.8, 4) is 17.0 Å². The molecule has 0 spiro atoms. The van der Waals surface area contributed by atoms with E-state index in [1.807, 2.05) is 47.8 Å². The van der Waals surface area contributed by atoms with Crippen molar-refractivity contribution in [2.45, 2.75) is 6.61 Å². The molecule has 124 valence electrons. The smallest absolute Gasteiger partial charge is 0.257 e. The highest BCUT2D eigenvalue weighted by Crippen LogP contribution is 2.23. The van der Waals surface area contributed by atoms with E-state index < -0.39 is 0 Å². The molecule has 1 N–H and O–H groups in total. The lowest BCUT2D eigenvalue weighted by Crippen LogP contribution is -2.08. The summed E-state index contributed by atoms with van der Waals surface area (Å²) in [6.45, 7) is 0.330. The third-order valence-corrected chi connectivity index (χ3v) is 4.80. The van der Waals surface area contributed by atoms with Crippen LogP contribution in [0, 0.1) is 0 Å². The number of aromatic amines is 1. The third kappa shape index (κ3) is 3.43. The van der Waals surface area contributed by atoms with Crippen molar-refractivity contribution in [2.75, 3.05) is 0 Å². The maximum Gasteiger partial charge on any atom is 0.257 e. The minimum Gasteiger partial charge on any atom is -0.486 e. The van der Waals surface area contributed by atoms with Gasteiger partial charge in [0.1, 0.15) is 17.4 Å². The second kappa shape index (κ2) is 6.70. The summed E-state index contributed by atoms with van der Waals surface area (Å²) < 4.78 is 5.70. The molecule has 0 aliphatic carbocycles. The predicted molar refractivity (Wildman–Crippen MR) is 101 cm³/mol. The summed E-state index contributed by atoms with van der Waals surface area (Å²) in [5, 5.41) is 4.26. The van der Waals surface area contributed by atoms with Crippen LogP contribution in [-0.2, 0) is 6.61 Å². The van der Waals surface area contributed by atoms with E-state index in [1.54, 1.807) is 12.1 Å². The molecule has 2 aromatic carbocycles. The van der Waals surface area contributed by atoms with Gasteiger partial charge in [-0.25, -0.2) is 4.98 Å². The van der Waals surface area contributed by atoms with Crippen molar-refractivity contribution in [3.05, 3.63) is 80.4 Å². The molecule has 0 aliphatic heterocycles. The largest absolute Gasteiger partial charge is 0.486 e. The highest BCUT2D eigenvalue weighted by atomic mass is 35.5. The average molecular weight is 369 g/mol. The van der Waals surface area contributed by atoms with E-state index in [0.29, 0.717) is 28.6 Å². The van der Waals surface area contributed by atoms with Crippen LogP contribution in [0.15, 0.2) is 64.8 Å². The summed E-state index contributed by atoms with van der Waals surface area (Å²) in [7, 11) is 0. The Morgan fingerprint density at radius 1 is 1.12 bits per heavy atom. The Morgan fingerprint density at radius 2 is 2.00 bits per heavy atom. The van der Waals surface area contributed by atoms with Gasteiger partial charge in [-0.2, -0.15) is 0 Å². The zero-order valence-electron chi connectivity index (χ0n) is 13.0. The molecule has 4 rings (SSSR count). The molecular formula is C19H13ClN2O2S. The van der Waals surface area contributed by atoms with E-state index in [9.17, 15) is 4.79 Å². The Labute approximate surface area is 152 Å². The van der Waals surface area contributed by atoms with E-state index in [4.69, 9.17) is 16.3 Å². The van der Waals surface area contributed by atoms with Gasteiger partial charge in [0.2, 0.25) is 0 Å². The van der Waals surface area contributed by atoms with E-state index in [1.165, 1.54) is 11.3 Å². The lowest BCUT2D eigenvalue weighted by Gasteiger charge is -2.04. The number of para-hydroxylation sites is 1. The Hall–Kier alpha value is -2.63. The van der Waals surface area contributed by atoms with Crippen LogP contribution in [0.1, 0.15) is 5.01 Å². The van der Waals surface area contributed by atoms with Gasteiger partial charge in [0, 0.05) is 15.9 Å². The summed E-state index contributed by atoms with van der Waals surface area (Å²) in [6.07, 6.45) is 0. The molecule has 0 amide bonds. The van der Waals surface area contributed by atoms with Crippen molar-refractivity contribution in [3.63, 3.8) is 0 Å². The van der Waals surface area contributed by atoms with Crippen molar-refractivity contribution < 1.29 is 4.74 Å². The topological polar surface area (TPSA) is 55.0 Å². The SMILES string of the molecule is O=c1[nH]c2ccccc2cc1-c1csc(COc2cccc(Cl)c2)n1. The van der Waals surface area contributed by atoms with Crippen molar-refractivity contribution in [1.82, 2.24) is 9.97 Å². The zero-order chi connectivity index (χ0) is 17.2. The molecule has 4 nitrogen and oxygen atoms in total. The van der Waals surface area contributed by atoms with Gasteiger partial charge in [-0.1, -0.05) is 35.9 Å². The first-order valence-electron chi connectivity index (χ1n) is 7.64. The third-order valence-electron chi connectivity index (χ3n) is 3.74. The van der Waals surface area contributed by atoms with Crippen molar-refractivity contribution >= 4 is 33.8 Å². The number of aromatic nitrogens is 2. The van der Waals surface area contributed by atoms with Crippen molar-refractivity contribution in [2.24, 2.45) is 0 Å². The molecular weight excluding hydrogens is 356 g/mol. The van der Waals surface area contributed by atoms with Gasteiger partial charge in [-0.3, -0.25) is 4.79 Å². The van der Waals surface area contributed by atoms with Crippen LogP contribution in [0.2, 0.25) is 5.02 Å². The minimum absolute atomic E-state index is 0.147. The lowest BCUT2D eigenvalue weighted by atomic mass is 10.1. The first-order valence-corrected chi connectivity index (χ1v) is 8.90. The second-order valence-electron chi connectivity index (χ2n) is 5.47. The standard InChI is InChI=1S/C19H13ClN2O2S/c20-13-5-3-6-14(9-13)24-10-18-21-17(11-25-18)15-8-12-4-1-2-7-16(12)22-19(15)23/h1-9,11H,10H2,(H,22,23). The second-order valence-corrected chi connectivity index (χ2v) is 6.85. The minimum atomic E-state index is -0.147. The van der Waals surface area contributed by atoms with E-state index in [0.717, 1.165) is 15.9 Å². The van der Waals surface area contributed by atoms with Gasteiger partial charge < -0.3 is 9.72 Å². The van der Waals surface area contributed by atoms with E-state index in [2.05, 4.69) is 9.97 Å².